The summed E-state index contributed by atoms with van der Waals surface area (Å²) in [6.07, 6.45) is 0. The fourth-order valence-corrected chi connectivity index (χ4v) is 2.09. The molecule has 0 unspecified atom stereocenters. The van der Waals surface area contributed by atoms with E-state index < -0.39 is 0 Å². The third kappa shape index (κ3) is 4.37. The van der Waals surface area contributed by atoms with Gasteiger partial charge in [0.05, 0.1) is 13.7 Å². The first-order valence-electron chi connectivity index (χ1n) is 6.72. The van der Waals surface area contributed by atoms with Gasteiger partial charge < -0.3 is 14.8 Å². The van der Waals surface area contributed by atoms with Crippen LogP contribution in [0.3, 0.4) is 0 Å². The molecule has 0 aromatic heterocycles. The van der Waals surface area contributed by atoms with Gasteiger partial charge in [-0.3, -0.25) is 0 Å². The van der Waals surface area contributed by atoms with Crippen molar-refractivity contribution in [2.75, 3.05) is 14.2 Å². The van der Waals surface area contributed by atoms with Gasteiger partial charge in [0.15, 0.2) is 0 Å². The molecule has 20 heavy (non-hydrogen) atoms. The molecule has 0 heterocycles. The first-order chi connectivity index (χ1) is 9.81. The van der Waals surface area contributed by atoms with Gasteiger partial charge >= 0.3 is 0 Å². The first-order valence-corrected chi connectivity index (χ1v) is 6.72. The number of hydrogen-bond acceptors (Lipinski definition) is 3. The van der Waals surface area contributed by atoms with Crippen LogP contribution in [-0.2, 0) is 24.4 Å². The van der Waals surface area contributed by atoms with Gasteiger partial charge in [0.25, 0.3) is 0 Å². The molecule has 106 valence electrons. The standard InChI is InChI=1S/C17H21NO2/c1-19-13-16-5-3-4-15(10-16)12-18-11-14-6-8-17(20-2)9-7-14/h3-10,18H,11-13H2,1-2H3. The Morgan fingerprint density at radius 3 is 2.25 bits per heavy atom. The van der Waals surface area contributed by atoms with E-state index in [-0.39, 0.29) is 0 Å². The summed E-state index contributed by atoms with van der Waals surface area (Å²) >= 11 is 0. The highest BCUT2D eigenvalue weighted by molar-refractivity contribution is 5.27. The molecule has 2 aromatic carbocycles. The largest absolute Gasteiger partial charge is 0.497 e. The lowest BCUT2D eigenvalue weighted by Crippen LogP contribution is -2.12. The van der Waals surface area contributed by atoms with Gasteiger partial charge in [-0.2, -0.15) is 0 Å². The smallest absolute Gasteiger partial charge is 0.118 e. The maximum absolute atomic E-state index is 5.15. The quantitative estimate of drug-likeness (QED) is 0.839. The second-order valence-electron chi connectivity index (χ2n) is 4.70. The van der Waals surface area contributed by atoms with Crippen LogP contribution in [0.2, 0.25) is 0 Å². The molecule has 0 bridgehead atoms. The van der Waals surface area contributed by atoms with Crippen LogP contribution in [0.5, 0.6) is 5.75 Å². The van der Waals surface area contributed by atoms with Crippen LogP contribution >= 0.6 is 0 Å². The lowest BCUT2D eigenvalue weighted by Gasteiger charge is -2.08. The van der Waals surface area contributed by atoms with Crippen molar-refractivity contribution < 1.29 is 9.47 Å². The third-order valence-electron chi connectivity index (χ3n) is 3.12. The SMILES string of the molecule is COCc1cccc(CNCc2ccc(OC)cc2)c1. The molecule has 3 nitrogen and oxygen atoms in total. The predicted molar refractivity (Wildman–Crippen MR) is 80.7 cm³/mol. The molecule has 0 aliphatic heterocycles. The summed E-state index contributed by atoms with van der Waals surface area (Å²) < 4.78 is 10.3. The topological polar surface area (TPSA) is 30.5 Å². The zero-order chi connectivity index (χ0) is 14.2. The maximum Gasteiger partial charge on any atom is 0.118 e. The molecule has 2 rings (SSSR count). The van der Waals surface area contributed by atoms with Crippen LogP contribution in [0.25, 0.3) is 0 Å². The molecular formula is C17H21NO2. The van der Waals surface area contributed by atoms with Crippen LogP contribution in [0.15, 0.2) is 48.5 Å². The molecule has 0 atom stereocenters. The second kappa shape index (κ2) is 7.68. The molecule has 2 aromatic rings. The number of hydrogen-bond donors (Lipinski definition) is 1. The zero-order valence-corrected chi connectivity index (χ0v) is 12.1. The molecular weight excluding hydrogens is 250 g/mol. The molecule has 0 aliphatic rings. The summed E-state index contributed by atoms with van der Waals surface area (Å²) in [6.45, 7) is 2.36. The second-order valence-corrected chi connectivity index (χ2v) is 4.70. The minimum Gasteiger partial charge on any atom is -0.497 e. The van der Waals surface area contributed by atoms with Crippen molar-refractivity contribution in [3.05, 3.63) is 65.2 Å². The summed E-state index contributed by atoms with van der Waals surface area (Å²) in [5.74, 6) is 0.890. The summed E-state index contributed by atoms with van der Waals surface area (Å²) in [7, 11) is 3.40. The van der Waals surface area contributed by atoms with Crippen LogP contribution in [0, 0.1) is 0 Å². The van der Waals surface area contributed by atoms with Crippen molar-refractivity contribution in [2.24, 2.45) is 0 Å². The van der Waals surface area contributed by atoms with Crippen molar-refractivity contribution in [1.82, 2.24) is 5.32 Å². The Hall–Kier alpha value is -1.84. The average molecular weight is 271 g/mol. The van der Waals surface area contributed by atoms with Gasteiger partial charge in [0.1, 0.15) is 5.75 Å². The minimum absolute atomic E-state index is 0.659. The van der Waals surface area contributed by atoms with Crippen LogP contribution in [-0.4, -0.2) is 14.2 Å². The molecule has 0 saturated carbocycles. The molecule has 0 saturated heterocycles. The monoisotopic (exact) mass is 271 g/mol. The van der Waals surface area contributed by atoms with Crippen molar-refractivity contribution >= 4 is 0 Å². The molecule has 0 radical (unpaired) electrons. The molecule has 1 N–H and O–H groups in total. The highest BCUT2D eigenvalue weighted by Crippen LogP contribution is 2.11. The van der Waals surface area contributed by atoms with Crippen LogP contribution in [0.1, 0.15) is 16.7 Å². The summed E-state index contributed by atoms with van der Waals surface area (Å²) in [5.41, 5.74) is 3.73. The van der Waals surface area contributed by atoms with E-state index in [1.54, 1.807) is 14.2 Å². The van der Waals surface area contributed by atoms with Crippen LogP contribution < -0.4 is 10.1 Å². The average Bonchev–Trinajstić information content (AvgIpc) is 2.49. The molecule has 0 spiro atoms. The van der Waals surface area contributed by atoms with Crippen molar-refractivity contribution in [3.8, 4) is 5.75 Å². The lowest BCUT2D eigenvalue weighted by molar-refractivity contribution is 0.185. The van der Waals surface area contributed by atoms with Crippen molar-refractivity contribution in [2.45, 2.75) is 19.7 Å². The fourth-order valence-electron chi connectivity index (χ4n) is 2.09. The van der Waals surface area contributed by atoms with E-state index in [9.17, 15) is 0 Å². The number of ether oxygens (including phenoxy) is 2. The minimum atomic E-state index is 0.659. The van der Waals surface area contributed by atoms with E-state index in [0.29, 0.717) is 6.61 Å². The predicted octanol–water partition coefficient (Wildman–Crippen LogP) is 3.13. The number of benzene rings is 2. The van der Waals surface area contributed by atoms with Gasteiger partial charge in [-0.25, -0.2) is 0 Å². The molecule has 0 amide bonds. The molecule has 0 fully saturated rings. The highest BCUT2D eigenvalue weighted by Gasteiger charge is 1.97. The number of nitrogens with one attached hydrogen (secondary N) is 1. The van der Waals surface area contributed by atoms with Gasteiger partial charge in [-0.05, 0) is 28.8 Å². The Bertz CT molecular complexity index is 523. The Labute approximate surface area is 120 Å². The van der Waals surface area contributed by atoms with Crippen LogP contribution in [0.4, 0.5) is 0 Å². The lowest BCUT2D eigenvalue weighted by atomic mass is 10.1. The van der Waals surface area contributed by atoms with Crippen molar-refractivity contribution in [1.29, 1.82) is 0 Å². The third-order valence-corrected chi connectivity index (χ3v) is 3.12. The van der Waals surface area contributed by atoms with Gasteiger partial charge in [0, 0.05) is 20.2 Å². The number of rotatable bonds is 7. The Kier molecular flexibility index (Phi) is 5.59. The Morgan fingerprint density at radius 2 is 1.55 bits per heavy atom. The molecule has 3 heteroatoms. The summed E-state index contributed by atoms with van der Waals surface area (Å²) in [6, 6.07) is 16.6. The van der Waals surface area contributed by atoms with Gasteiger partial charge in [-0.15, -0.1) is 0 Å². The summed E-state index contributed by atoms with van der Waals surface area (Å²) in [4.78, 5) is 0. The van der Waals surface area contributed by atoms with E-state index in [2.05, 4.69) is 41.7 Å². The van der Waals surface area contributed by atoms with E-state index in [0.717, 1.165) is 18.8 Å². The normalized spacial score (nSPS) is 10.5. The highest BCUT2D eigenvalue weighted by atomic mass is 16.5. The van der Waals surface area contributed by atoms with E-state index in [1.807, 2.05) is 12.1 Å². The number of methoxy groups -OCH3 is 2. The fraction of sp³-hybridized carbons (Fsp3) is 0.294. The van der Waals surface area contributed by atoms with Crippen molar-refractivity contribution in [3.63, 3.8) is 0 Å². The van der Waals surface area contributed by atoms with Gasteiger partial charge in [0.2, 0.25) is 0 Å². The Morgan fingerprint density at radius 1 is 0.850 bits per heavy atom. The van der Waals surface area contributed by atoms with E-state index in [4.69, 9.17) is 9.47 Å². The zero-order valence-electron chi connectivity index (χ0n) is 12.1. The maximum atomic E-state index is 5.15. The van der Waals surface area contributed by atoms with E-state index in [1.165, 1.54) is 16.7 Å². The van der Waals surface area contributed by atoms with E-state index >= 15 is 0 Å². The van der Waals surface area contributed by atoms with Gasteiger partial charge in [-0.1, -0.05) is 36.4 Å². The Balaban J connectivity index is 1.84. The molecule has 0 aliphatic carbocycles. The first kappa shape index (κ1) is 14.6. The summed E-state index contributed by atoms with van der Waals surface area (Å²) in [5, 5.41) is 3.44.